The number of amides is 1. The summed E-state index contributed by atoms with van der Waals surface area (Å²) in [6.07, 6.45) is 2.06. The largest absolute Gasteiger partial charge is 0.495 e. The van der Waals surface area contributed by atoms with Crippen molar-refractivity contribution in [2.24, 2.45) is 0 Å². The Labute approximate surface area is 200 Å². The first-order chi connectivity index (χ1) is 16.6. The van der Waals surface area contributed by atoms with Gasteiger partial charge in [0.1, 0.15) is 11.6 Å². The number of aromatic nitrogens is 4. The summed E-state index contributed by atoms with van der Waals surface area (Å²) in [5.74, 6) is 1.92. The third-order valence-corrected chi connectivity index (χ3v) is 6.16. The molecule has 0 saturated heterocycles. The molecule has 0 radical (unpaired) electrons. The van der Waals surface area contributed by atoms with E-state index in [4.69, 9.17) is 15.5 Å². The Hall–Kier alpha value is -3.92. The Morgan fingerprint density at radius 3 is 2.71 bits per heavy atom. The van der Waals surface area contributed by atoms with Gasteiger partial charge in [-0.1, -0.05) is 42.1 Å². The van der Waals surface area contributed by atoms with Gasteiger partial charge in [-0.3, -0.25) is 4.79 Å². The van der Waals surface area contributed by atoms with E-state index in [9.17, 15) is 4.79 Å². The maximum atomic E-state index is 12.8. The standard InChI is InChI=1S/C24H23N7O2S/c1-33-19-9-5-4-8-18(19)28-24-30-20(29-23(25)31-24)13-34-21-12-16(22(32)26-14-10-11-14)15-6-2-3-7-17(15)27-21/h2-9,12,14H,10-11,13H2,1H3,(H,26,32)(H3,25,28,29,30,31). The molecule has 2 aromatic carbocycles. The Morgan fingerprint density at radius 1 is 1.09 bits per heavy atom. The number of carbonyl (C=O) groups is 1. The van der Waals surface area contributed by atoms with E-state index in [0.29, 0.717) is 33.9 Å². The van der Waals surface area contributed by atoms with E-state index < -0.39 is 0 Å². The number of anilines is 3. The number of ether oxygens (including phenoxy) is 1. The smallest absolute Gasteiger partial charge is 0.252 e. The van der Waals surface area contributed by atoms with Crippen LogP contribution in [0.1, 0.15) is 29.0 Å². The van der Waals surface area contributed by atoms with E-state index in [0.717, 1.165) is 29.4 Å². The molecule has 1 saturated carbocycles. The molecule has 10 heteroatoms. The number of nitrogen functional groups attached to an aromatic ring is 1. The molecule has 0 aliphatic heterocycles. The van der Waals surface area contributed by atoms with Gasteiger partial charge in [0, 0.05) is 11.4 Å². The van der Waals surface area contributed by atoms with Gasteiger partial charge in [-0.25, -0.2) is 4.98 Å². The lowest BCUT2D eigenvalue weighted by Crippen LogP contribution is -2.25. The molecule has 0 bridgehead atoms. The Kier molecular flexibility index (Phi) is 6.13. The molecule has 9 nitrogen and oxygen atoms in total. The van der Waals surface area contributed by atoms with Crippen LogP contribution < -0.4 is 21.1 Å². The van der Waals surface area contributed by atoms with Crippen molar-refractivity contribution in [1.29, 1.82) is 0 Å². The fourth-order valence-electron chi connectivity index (χ4n) is 3.47. The summed E-state index contributed by atoms with van der Waals surface area (Å²) in [6, 6.07) is 17.2. The number of methoxy groups -OCH3 is 1. The van der Waals surface area contributed by atoms with Crippen LogP contribution in [0.4, 0.5) is 17.6 Å². The molecule has 2 heterocycles. The molecule has 1 aliphatic carbocycles. The van der Waals surface area contributed by atoms with Crippen LogP contribution in [0, 0.1) is 0 Å². The molecule has 2 aromatic heterocycles. The minimum atomic E-state index is -0.0735. The number of fused-ring (bicyclic) bond motifs is 1. The van der Waals surface area contributed by atoms with Crippen LogP contribution in [0.5, 0.6) is 5.75 Å². The van der Waals surface area contributed by atoms with Crippen molar-refractivity contribution in [1.82, 2.24) is 25.3 Å². The zero-order valence-corrected chi connectivity index (χ0v) is 19.3. The summed E-state index contributed by atoms with van der Waals surface area (Å²) in [4.78, 5) is 30.5. The summed E-state index contributed by atoms with van der Waals surface area (Å²) < 4.78 is 5.37. The topological polar surface area (TPSA) is 128 Å². The van der Waals surface area contributed by atoms with Crippen LogP contribution in [-0.2, 0) is 5.75 Å². The predicted octanol–water partition coefficient (Wildman–Crippen LogP) is 3.94. The highest BCUT2D eigenvalue weighted by Crippen LogP contribution is 2.29. The molecule has 1 fully saturated rings. The summed E-state index contributed by atoms with van der Waals surface area (Å²) in [7, 11) is 1.60. The van der Waals surface area contributed by atoms with Gasteiger partial charge < -0.3 is 21.1 Å². The lowest BCUT2D eigenvalue weighted by Gasteiger charge is -2.11. The second kappa shape index (κ2) is 9.52. The number of nitrogens with two attached hydrogens (primary N) is 1. The monoisotopic (exact) mass is 473 g/mol. The summed E-state index contributed by atoms with van der Waals surface area (Å²) >= 11 is 1.43. The van der Waals surface area contributed by atoms with Gasteiger partial charge in [0.05, 0.1) is 34.7 Å². The van der Waals surface area contributed by atoms with Crippen molar-refractivity contribution in [2.75, 3.05) is 18.2 Å². The van der Waals surface area contributed by atoms with Gasteiger partial charge in [-0.2, -0.15) is 15.0 Å². The van der Waals surface area contributed by atoms with Crippen LogP contribution >= 0.6 is 11.8 Å². The van der Waals surface area contributed by atoms with Crippen molar-refractivity contribution in [3.05, 3.63) is 66.0 Å². The third-order valence-electron chi connectivity index (χ3n) is 5.25. The zero-order chi connectivity index (χ0) is 23.5. The second-order valence-electron chi connectivity index (χ2n) is 7.82. The number of nitrogens with one attached hydrogen (secondary N) is 2. The van der Waals surface area contributed by atoms with Crippen molar-refractivity contribution in [3.63, 3.8) is 0 Å². The normalized spacial score (nSPS) is 13.0. The molecule has 34 heavy (non-hydrogen) atoms. The van der Waals surface area contributed by atoms with Crippen molar-refractivity contribution in [3.8, 4) is 5.75 Å². The van der Waals surface area contributed by atoms with Crippen LogP contribution in [0.2, 0.25) is 0 Å². The van der Waals surface area contributed by atoms with Gasteiger partial charge in [-0.15, -0.1) is 0 Å². The molecule has 5 rings (SSSR count). The molecule has 0 atom stereocenters. The lowest BCUT2D eigenvalue weighted by atomic mass is 10.1. The quantitative estimate of drug-likeness (QED) is 0.326. The van der Waals surface area contributed by atoms with E-state index >= 15 is 0 Å². The SMILES string of the molecule is COc1ccccc1Nc1nc(N)nc(CSc2cc(C(=O)NC3CC3)c3ccccc3n2)n1. The van der Waals surface area contributed by atoms with Crippen molar-refractivity contribution < 1.29 is 9.53 Å². The summed E-state index contributed by atoms with van der Waals surface area (Å²) in [6.45, 7) is 0. The first-order valence-electron chi connectivity index (χ1n) is 10.8. The van der Waals surface area contributed by atoms with Crippen LogP contribution in [0.15, 0.2) is 59.6 Å². The number of pyridine rings is 1. The lowest BCUT2D eigenvalue weighted by molar-refractivity contribution is 0.0952. The Morgan fingerprint density at radius 2 is 1.88 bits per heavy atom. The average molecular weight is 474 g/mol. The van der Waals surface area contributed by atoms with E-state index in [1.807, 2.05) is 54.6 Å². The number of carbonyl (C=O) groups excluding carboxylic acids is 1. The first-order valence-corrected chi connectivity index (χ1v) is 11.8. The Balaban J connectivity index is 1.37. The number of thioether (sulfide) groups is 1. The van der Waals surface area contributed by atoms with E-state index in [1.54, 1.807) is 7.11 Å². The van der Waals surface area contributed by atoms with Gasteiger partial charge in [0.15, 0.2) is 0 Å². The molecule has 4 N–H and O–H groups in total. The Bertz CT molecular complexity index is 1360. The van der Waals surface area contributed by atoms with E-state index in [-0.39, 0.29) is 17.9 Å². The van der Waals surface area contributed by atoms with Crippen LogP contribution in [0.25, 0.3) is 10.9 Å². The van der Waals surface area contributed by atoms with E-state index in [2.05, 4.69) is 25.6 Å². The van der Waals surface area contributed by atoms with Gasteiger partial charge in [-0.05, 0) is 37.1 Å². The second-order valence-corrected chi connectivity index (χ2v) is 8.82. The molecular weight excluding hydrogens is 450 g/mol. The average Bonchev–Trinajstić information content (AvgIpc) is 3.66. The molecule has 1 aliphatic rings. The van der Waals surface area contributed by atoms with Crippen LogP contribution in [-0.4, -0.2) is 39.0 Å². The molecule has 1 amide bonds. The first kappa shape index (κ1) is 21.9. The number of benzene rings is 2. The highest BCUT2D eigenvalue weighted by Gasteiger charge is 2.25. The molecular formula is C24H23N7O2S. The molecule has 172 valence electrons. The number of rotatable bonds is 8. The van der Waals surface area contributed by atoms with Gasteiger partial charge in [0.2, 0.25) is 11.9 Å². The van der Waals surface area contributed by atoms with E-state index in [1.165, 1.54) is 11.8 Å². The predicted molar refractivity (Wildman–Crippen MR) is 132 cm³/mol. The maximum Gasteiger partial charge on any atom is 0.252 e. The highest BCUT2D eigenvalue weighted by molar-refractivity contribution is 7.98. The minimum absolute atomic E-state index is 0.0735. The number of nitrogens with zero attached hydrogens (tertiary/aromatic N) is 4. The minimum Gasteiger partial charge on any atom is -0.495 e. The maximum absolute atomic E-state index is 12.8. The zero-order valence-electron chi connectivity index (χ0n) is 18.5. The molecule has 0 spiro atoms. The number of para-hydroxylation sites is 3. The third kappa shape index (κ3) is 5.01. The van der Waals surface area contributed by atoms with Gasteiger partial charge >= 0.3 is 0 Å². The fraction of sp³-hybridized carbons (Fsp3) is 0.208. The summed E-state index contributed by atoms with van der Waals surface area (Å²) in [5.41, 5.74) is 8.04. The number of hydrogen-bond donors (Lipinski definition) is 3. The van der Waals surface area contributed by atoms with Crippen molar-refractivity contribution >= 4 is 46.2 Å². The molecule has 4 aromatic rings. The van der Waals surface area contributed by atoms with Crippen LogP contribution in [0.3, 0.4) is 0 Å². The van der Waals surface area contributed by atoms with Crippen molar-refractivity contribution in [2.45, 2.75) is 29.7 Å². The number of hydrogen-bond acceptors (Lipinski definition) is 9. The molecule has 0 unspecified atom stereocenters. The highest BCUT2D eigenvalue weighted by atomic mass is 32.2. The summed E-state index contributed by atoms with van der Waals surface area (Å²) in [5, 5.41) is 7.73. The fourth-order valence-corrected chi connectivity index (χ4v) is 4.24. The van der Waals surface area contributed by atoms with Gasteiger partial charge in [0.25, 0.3) is 5.91 Å².